The van der Waals surface area contributed by atoms with Crippen molar-refractivity contribution < 1.29 is 18.9 Å². The van der Waals surface area contributed by atoms with Crippen LogP contribution in [0.25, 0.3) is 11.0 Å². The standard InChI is InChI=1S/C10H3N5.Li/c11-3-6-1-2-7(4-12)10-9(6)14-8(5-13)15-10;/h1-2H,(H,14,15);/q;+1. The fraction of sp³-hybridized carbons (Fsp3) is 0. The van der Waals surface area contributed by atoms with Crippen LogP contribution in [0.5, 0.6) is 0 Å². The molecule has 0 saturated heterocycles. The number of hydrogen-bond acceptors (Lipinski definition) is 4. The smallest absolute Gasteiger partial charge is 0.328 e. The van der Waals surface area contributed by atoms with Crippen LogP contribution in [0.15, 0.2) is 12.1 Å². The molecule has 0 saturated carbocycles. The largest absolute Gasteiger partial charge is 1.00 e. The third-order valence-electron chi connectivity index (χ3n) is 1.99. The van der Waals surface area contributed by atoms with Crippen LogP contribution in [0.4, 0.5) is 0 Å². The summed E-state index contributed by atoms with van der Waals surface area (Å²) in [5.74, 6) is 0.101. The molecule has 0 aliphatic heterocycles. The molecule has 0 spiro atoms. The predicted octanol–water partition coefficient (Wildman–Crippen LogP) is -1.82. The quantitative estimate of drug-likeness (QED) is 0.506. The second-order valence-corrected chi connectivity index (χ2v) is 2.81. The van der Waals surface area contributed by atoms with Gasteiger partial charge in [-0.2, -0.15) is 15.8 Å². The number of rotatable bonds is 0. The fourth-order valence-corrected chi connectivity index (χ4v) is 1.33. The summed E-state index contributed by atoms with van der Waals surface area (Å²) < 4.78 is 0. The molecule has 0 radical (unpaired) electrons. The molecular weight excluding hydrogens is 197 g/mol. The van der Waals surface area contributed by atoms with Crippen LogP contribution in [0, 0.1) is 34.0 Å². The topological polar surface area (TPSA) is 100 Å². The number of H-pyrrole nitrogens is 1. The van der Waals surface area contributed by atoms with E-state index in [1.807, 2.05) is 18.2 Å². The number of nitrogens with zero attached hydrogens (tertiary/aromatic N) is 4. The molecule has 0 aliphatic rings. The van der Waals surface area contributed by atoms with Crippen molar-refractivity contribution in [3.8, 4) is 18.2 Å². The Morgan fingerprint density at radius 2 is 1.62 bits per heavy atom. The Balaban J connectivity index is 0.00000128. The first-order chi connectivity index (χ1) is 7.30. The number of hydrogen-bond donors (Lipinski definition) is 1. The SMILES string of the molecule is N#Cc1nc2c(C#N)ccc(C#N)c2[nH]1.[Li+]. The Labute approximate surface area is 103 Å². The van der Waals surface area contributed by atoms with Gasteiger partial charge in [-0.1, -0.05) is 0 Å². The first-order valence-corrected chi connectivity index (χ1v) is 4.03. The molecule has 0 atom stereocenters. The van der Waals surface area contributed by atoms with E-state index < -0.39 is 0 Å². The Morgan fingerprint density at radius 1 is 1.00 bits per heavy atom. The molecule has 0 aliphatic carbocycles. The molecule has 0 unspecified atom stereocenters. The Kier molecular flexibility index (Phi) is 3.34. The van der Waals surface area contributed by atoms with E-state index in [0.717, 1.165) is 0 Å². The number of imidazole rings is 1. The minimum absolute atomic E-state index is 0. The third kappa shape index (κ3) is 1.65. The van der Waals surface area contributed by atoms with Gasteiger partial charge in [0.1, 0.15) is 23.7 Å². The Morgan fingerprint density at radius 3 is 2.19 bits per heavy atom. The van der Waals surface area contributed by atoms with Crippen molar-refractivity contribution in [1.29, 1.82) is 15.8 Å². The second kappa shape index (κ2) is 4.52. The van der Waals surface area contributed by atoms with Gasteiger partial charge in [-0.25, -0.2) is 4.98 Å². The van der Waals surface area contributed by atoms with Gasteiger partial charge in [0.25, 0.3) is 0 Å². The van der Waals surface area contributed by atoms with Gasteiger partial charge in [-0.3, -0.25) is 0 Å². The molecule has 5 nitrogen and oxygen atoms in total. The molecule has 1 N–H and O–H groups in total. The molecule has 0 bridgehead atoms. The summed E-state index contributed by atoms with van der Waals surface area (Å²) in [5, 5.41) is 26.3. The normalized spacial score (nSPS) is 8.56. The van der Waals surface area contributed by atoms with Gasteiger partial charge in [-0.15, -0.1) is 0 Å². The number of fused-ring (bicyclic) bond motifs is 1. The van der Waals surface area contributed by atoms with Crippen LogP contribution in [0.1, 0.15) is 17.0 Å². The van der Waals surface area contributed by atoms with E-state index in [1.165, 1.54) is 12.1 Å². The van der Waals surface area contributed by atoms with Gasteiger partial charge in [0.05, 0.1) is 16.6 Å². The maximum absolute atomic E-state index is 8.82. The van der Waals surface area contributed by atoms with E-state index >= 15 is 0 Å². The molecule has 68 valence electrons. The third-order valence-corrected chi connectivity index (χ3v) is 1.99. The molecule has 0 amide bonds. The van der Waals surface area contributed by atoms with Crippen LogP contribution < -0.4 is 18.9 Å². The molecule has 6 heteroatoms. The number of aromatic nitrogens is 2. The van der Waals surface area contributed by atoms with Crippen LogP contribution >= 0.6 is 0 Å². The number of benzene rings is 1. The van der Waals surface area contributed by atoms with Crippen molar-refractivity contribution >= 4 is 11.0 Å². The van der Waals surface area contributed by atoms with E-state index in [1.54, 1.807) is 0 Å². The summed E-state index contributed by atoms with van der Waals surface area (Å²) in [5.41, 5.74) is 1.53. The molecule has 1 aromatic carbocycles. The van der Waals surface area contributed by atoms with Gasteiger partial charge in [0.2, 0.25) is 5.82 Å². The summed E-state index contributed by atoms with van der Waals surface area (Å²) in [6, 6.07) is 8.80. The van der Waals surface area contributed by atoms with Gasteiger partial charge in [0.15, 0.2) is 0 Å². The summed E-state index contributed by atoms with van der Waals surface area (Å²) in [7, 11) is 0. The van der Waals surface area contributed by atoms with Gasteiger partial charge < -0.3 is 4.98 Å². The van der Waals surface area contributed by atoms with Crippen molar-refractivity contribution in [3.05, 3.63) is 29.1 Å². The van der Waals surface area contributed by atoms with E-state index in [4.69, 9.17) is 15.8 Å². The molecule has 0 fully saturated rings. The number of aromatic amines is 1. The minimum atomic E-state index is 0. The first kappa shape index (κ1) is 11.8. The van der Waals surface area contributed by atoms with Gasteiger partial charge in [-0.05, 0) is 12.1 Å². The van der Waals surface area contributed by atoms with Crippen molar-refractivity contribution in [1.82, 2.24) is 9.97 Å². The maximum Gasteiger partial charge on any atom is 1.00 e. The molecule has 1 aromatic heterocycles. The van der Waals surface area contributed by atoms with Gasteiger partial charge in [0, 0.05) is 0 Å². The van der Waals surface area contributed by atoms with Crippen LogP contribution in [-0.2, 0) is 0 Å². The van der Waals surface area contributed by atoms with E-state index in [9.17, 15) is 0 Å². The van der Waals surface area contributed by atoms with Crippen LogP contribution in [0.2, 0.25) is 0 Å². The molecular formula is C10H3LiN5+. The number of nitriles is 3. The van der Waals surface area contributed by atoms with Crippen LogP contribution in [-0.4, -0.2) is 9.97 Å². The van der Waals surface area contributed by atoms with Crippen molar-refractivity contribution in [2.45, 2.75) is 0 Å². The number of nitrogens with one attached hydrogen (secondary N) is 1. The van der Waals surface area contributed by atoms with Crippen molar-refractivity contribution in [2.75, 3.05) is 0 Å². The monoisotopic (exact) mass is 200 g/mol. The zero-order valence-corrected chi connectivity index (χ0v) is 8.44. The Bertz CT molecular complexity index is 614. The summed E-state index contributed by atoms with van der Waals surface area (Å²) in [6.07, 6.45) is 0. The van der Waals surface area contributed by atoms with E-state index in [0.29, 0.717) is 22.2 Å². The van der Waals surface area contributed by atoms with Gasteiger partial charge >= 0.3 is 18.9 Å². The summed E-state index contributed by atoms with van der Waals surface area (Å²) in [6.45, 7) is 0. The molecule has 1 heterocycles. The molecule has 2 rings (SSSR count). The average Bonchev–Trinajstić information content (AvgIpc) is 2.71. The van der Waals surface area contributed by atoms with Crippen molar-refractivity contribution in [2.24, 2.45) is 0 Å². The molecule has 16 heavy (non-hydrogen) atoms. The average molecular weight is 200 g/mol. The summed E-state index contributed by atoms with van der Waals surface area (Å²) in [4.78, 5) is 6.61. The van der Waals surface area contributed by atoms with E-state index in [-0.39, 0.29) is 24.7 Å². The Hall–Kier alpha value is -2.24. The molecule has 2 aromatic rings. The van der Waals surface area contributed by atoms with Crippen LogP contribution in [0.3, 0.4) is 0 Å². The predicted molar refractivity (Wildman–Crippen MR) is 50.2 cm³/mol. The maximum atomic E-state index is 8.82. The first-order valence-electron chi connectivity index (χ1n) is 4.03. The minimum Gasteiger partial charge on any atom is -0.328 e. The zero-order valence-electron chi connectivity index (χ0n) is 8.44. The second-order valence-electron chi connectivity index (χ2n) is 2.81. The zero-order chi connectivity index (χ0) is 10.8. The summed E-state index contributed by atoms with van der Waals surface area (Å²) >= 11 is 0. The fourth-order valence-electron chi connectivity index (χ4n) is 1.33. The van der Waals surface area contributed by atoms with E-state index in [2.05, 4.69) is 9.97 Å². The van der Waals surface area contributed by atoms with Crippen molar-refractivity contribution in [3.63, 3.8) is 0 Å².